The molecule has 0 aliphatic carbocycles. The van der Waals surface area contributed by atoms with Crippen molar-refractivity contribution < 1.29 is 14.3 Å². The molecule has 3 heterocycles. The van der Waals surface area contributed by atoms with Gasteiger partial charge in [0.25, 0.3) is 5.91 Å². The topological polar surface area (TPSA) is 97.3 Å². The van der Waals surface area contributed by atoms with Crippen LogP contribution in [0.2, 0.25) is 5.15 Å². The van der Waals surface area contributed by atoms with Gasteiger partial charge in [0.1, 0.15) is 22.8 Å². The van der Waals surface area contributed by atoms with Crippen molar-refractivity contribution in [1.29, 1.82) is 0 Å². The molecule has 2 aromatic heterocycles. The Balaban J connectivity index is 1.97. The fraction of sp³-hybridized carbons (Fsp3) is 0.350. The third kappa shape index (κ3) is 4.60. The molecular weight excluding hydrogens is 394 g/mol. The molecule has 0 aromatic carbocycles. The Morgan fingerprint density at radius 1 is 1.28 bits per heavy atom. The summed E-state index contributed by atoms with van der Waals surface area (Å²) in [6.45, 7) is 7.96. The van der Waals surface area contributed by atoms with Crippen LogP contribution in [0.25, 0.3) is 11.4 Å². The first-order valence-electron chi connectivity index (χ1n) is 9.12. The van der Waals surface area contributed by atoms with Crippen LogP contribution in [-0.4, -0.2) is 57.9 Å². The minimum atomic E-state index is -0.365. The van der Waals surface area contributed by atoms with Gasteiger partial charge in [-0.1, -0.05) is 18.2 Å². The molecule has 0 radical (unpaired) electrons. The maximum Gasteiger partial charge on any atom is 0.269 e. The van der Waals surface area contributed by atoms with Crippen LogP contribution in [-0.2, 0) is 9.53 Å². The van der Waals surface area contributed by atoms with Gasteiger partial charge in [-0.15, -0.1) is 0 Å². The Hall–Kier alpha value is -2.84. The van der Waals surface area contributed by atoms with Crippen LogP contribution in [0.3, 0.4) is 0 Å². The maximum absolute atomic E-state index is 12.1. The van der Waals surface area contributed by atoms with Crippen molar-refractivity contribution in [3.63, 3.8) is 0 Å². The van der Waals surface area contributed by atoms with E-state index < -0.39 is 0 Å². The van der Waals surface area contributed by atoms with Crippen molar-refractivity contribution in [3.05, 3.63) is 53.1 Å². The highest BCUT2D eigenvalue weighted by Crippen LogP contribution is 2.29. The summed E-state index contributed by atoms with van der Waals surface area (Å²) in [6.07, 6.45) is 0.934. The van der Waals surface area contributed by atoms with E-state index in [1.807, 2.05) is 6.92 Å². The Morgan fingerprint density at radius 2 is 2.00 bits per heavy atom. The lowest BCUT2D eigenvalue weighted by atomic mass is 10.0. The minimum absolute atomic E-state index is 0.0480. The third-order valence-electron chi connectivity index (χ3n) is 4.64. The van der Waals surface area contributed by atoms with Crippen LogP contribution in [0, 0.1) is 6.92 Å². The number of nitrogens with zero attached hydrogens (tertiary/aromatic N) is 4. The molecule has 1 aliphatic rings. The lowest BCUT2D eigenvalue weighted by molar-refractivity contribution is -0.139. The second-order valence-corrected chi connectivity index (χ2v) is 7.13. The highest BCUT2D eigenvalue weighted by atomic mass is 35.5. The number of carbonyl (C=O) groups excluding carboxylic acids is 2. The molecule has 1 fully saturated rings. The fourth-order valence-corrected chi connectivity index (χ4v) is 3.38. The fourth-order valence-electron chi connectivity index (χ4n) is 3.16. The number of aryl methyl sites for hydroxylation is 1. The molecule has 2 atom stereocenters. The molecule has 0 saturated carbocycles. The molecule has 1 saturated heterocycles. The first-order valence-corrected chi connectivity index (χ1v) is 9.50. The summed E-state index contributed by atoms with van der Waals surface area (Å²) in [4.78, 5) is 38.7. The molecule has 0 spiro atoms. The Labute approximate surface area is 174 Å². The Bertz CT molecular complexity index is 965. The number of aromatic nitrogens is 3. The van der Waals surface area contributed by atoms with Gasteiger partial charge in [0.2, 0.25) is 5.91 Å². The monoisotopic (exact) mass is 415 g/mol. The molecule has 152 valence electrons. The predicted molar refractivity (Wildman–Crippen MR) is 108 cm³/mol. The largest absolute Gasteiger partial charge is 0.370 e. The van der Waals surface area contributed by atoms with E-state index in [0.717, 1.165) is 5.56 Å². The van der Waals surface area contributed by atoms with Crippen molar-refractivity contribution in [3.8, 4) is 11.4 Å². The van der Waals surface area contributed by atoms with E-state index in [1.54, 1.807) is 30.0 Å². The van der Waals surface area contributed by atoms with Gasteiger partial charge >= 0.3 is 0 Å². The average molecular weight is 416 g/mol. The minimum Gasteiger partial charge on any atom is -0.370 e. The van der Waals surface area contributed by atoms with Crippen molar-refractivity contribution in [2.24, 2.45) is 0 Å². The van der Waals surface area contributed by atoms with E-state index in [0.29, 0.717) is 30.4 Å². The number of hydrogen-bond acceptors (Lipinski definition) is 6. The number of rotatable bonds is 4. The van der Waals surface area contributed by atoms with Gasteiger partial charge in [-0.2, -0.15) is 0 Å². The molecule has 29 heavy (non-hydrogen) atoms. The third-order valence-corrected chi connectivity index (χ3v) is 4.83. The number of pyridine rings is 1. The standard InChI is InChI=1S/C20H22ClN5O3/c1-5-19(27)26-9-17(29-10-11(26)2)13-6-14(25-18(21)7-13)15-8-16(20(28)22-4)24-12(3)23-15/h5-8,11,17H,1,9-10H2,2-4H3,(H,22,28)/t11-,17-/m0/s1. The SMILES string of the molecule is C=CC(=O)N1C[C@@H](c2cc(Cl)nc(-c3cc(C(=O)NC)nc(C)n3)c2)OC[C@@H]1C. The average Bonchev–Trinajstić information content (AvgIpc) is 2.72. The van der Waals surface area contributed by atoms with E-state index in [4.69, 9.17) is 16.3 Å². The molecule has 2 amide bonds. The summed E-state index contributed by atoms with van der Waals surface area (Å²) >= 11 is 6.26. The van der Waals surface area contributed by atoms with Crippen LogP contribution >= 0.6 is 11.6 Å². The van der Waals surface area contributed by atoms with Crippen LogP contribution in [0.1, 0.15) is 34.9 Å². The zero-order valence-electron chi connectivity index (χ0n) is 16.5. The summed E-state index contributed by atoms with van der Waals surface area (Å²) in [5.41, 5.74) is 1.98. The zero-order valence-corrected chi connectivity index (χ0v) is 17.2. The first-order chi connectivity index (χ1) is 13.8. The van der Waals surface area contributed by atoms with Crippen LogP contribution in [0.15, 0.2) is 30.9 Å². The number of amides is 2. The van der Waals surface area contributed by atoms with Crippen molar-refractivity contribution in [2.45, 2.75) is 26.0 Å². The molecule has 1 N–H and O–H groups in total. The summed E-state index contributed by atoms with van der Waals surface area (Å²) in [7, 11) is 1.53. The number of nitrogens with one attached hydrogen (secondary N) is 1. The number of morpholine rings is 1. The molecule has 1 aliphatic heterocycles. The molecule has 3 rings (SSSR count). The number of hydrogen-bond donors (Lipinski definition) is 1. The maximum atomic E-state index is 12.1. The van der Waals surface area contributed by atoms with Gasteiger partial charge in [0.15, 0.2) is 0 Å². The summed E-state index contributed by atoms with van der Waals surface area (Å²) < 4.78 is 5.94. The zero-order chi connectivity index (χ0) is 21.1. The molecule has 8 nitrogen and oxygen atoms in total. The lowest BCUT2D eigenvalue weighted by Crippen LogP contribution is -2.47. The van der Waals surface area contributed by atoms with E-state index in [9.17, 15) is 9.59 Å². The van der Waals surface area contributed by atoms with Gasteiger partial charge in [-0.3, -0.25) is 9.59 Å². The van der Waals surface area contributed by atoms with Crippen molar-refractivity contribution in [2.75, 3.05) is 20.2 Å². The first kappa shape index (κ1) is 20.9. The predicted octanol–water partition coefficient (Wildman–Crippen LogP) is 2.33. The van der Waals surface area contributed by atoms with E-state index in [-0.39, 0.29) is 34.8 Å². The van der Waals surface area contributed by atoms with Crippen molar-refractivity contribution in [1.82, 2.24) is 25.2 Å². The Kier molecular flexibility index (Phi) is 6.24. The summed E-state index contributed by atoms with van der Waals surface area (Å²) in [5, 5.41) is 2.81. The van der Waals surface area contributed by atoms with Crippen LogP contribution in [0.5, 0.6) is 0 Å². The van der Waals surface area contributed by atoms with E-state index in [1.165, 1.54) is 13.1 Å². The van der Waals surface area contributed by atoms with Crippen LogP contribution in [0.4, 0.5) is 0 Å². The molecule has 9 heteroatoms. The molecule has 0 unspecified atom stereocenters. The smallest absolute Gasteiger partial charge is 0.269 e. The summed E-state index contributed by atoms with van der Waals surface area (Å²) in [6, 6.07) is 5.02. The number of halogens is 1. The second-order valence-electron chi connectivity index (χ2n) is 6.74. The second kappa shape index (κ2) is 8.67. The molecular formula is C20H22ClN5O3. The number of carbonyl (C=O) groups is 2. The molecule has 2 aromatic rings. The summed E-state index contributed by atoms with van der Waals surface area (Å²) in [5.74, 6) is -0.0232. The normalized spacial score (nSPS) is 19.0. The lowest BCUT2D eigenvalue weighted by Gasteiger charge is -2.37. The van der Waals surface area contributed by atoms with Gasteiger partial charge < -0.3 is 15.0 Å². The van der Waals surface area contributed by atoms with E-state index in [2.05, 4.69) is 26.8 Å². The van der Waals surface area contributed by atoms with E-state index >= 15 is 0 Å². The van der Waals surface area contributed by atoms with Crippen molar-refractivity contribution >= 4 is 23.4 Å². The quantitative estimate of drug-likeness (QED) is 0.608. The number of ether oxygens (including phenoxy) is 1. The highest BCUT2D eigenvalue weighted by Gasteiger charge is 2.30. The highest BCUT2D eigenvalue weighted by molar-refractivity contribution is 6.29. The van der Waals surface area contributed by atoms with Gasteiger partial charge in [0, 0.05) is 7.05 Å². The Morgan fingerprint density at radius 3 is 2.69 bits per heavy atom. The van der Waals surface area contributed by atoms with Gasteiger partial charge in [-0.25, -0.2) is 15.0 Å². The molecule has 0 bridgehead atoms. The van der Waals surface area contributed by atoms with Gasteiger partial charge in [-0.05, 0) is 43.7 Å². The van der Waals surface area contributed by atoms with Gasteiger partial charge in [0.05, 0.1) is 30.6 Å². The van der Waals surface area contributed by atoms with Crippen LogP contribution < -0.4 is 5.32 Å².